The lowest BCUT2D eigenvalue weighted by atomic mass is 9.88. The summed E-state index contributed by atoms with van der Waals surface area (Å²) in [7, 11) is 0. The fourth-order valence-electron chi connectivity index (χ4n) is 3.09. The van der Waals surface area contributed by atoms with Gasteiger partial charge in [-0.1, -0.05) is 0 Å². The van der Waals surface area contributed by atoms with Gasteiger partial charge in [0.15, 0.2) is 0 Å². The number of hydrogen-bond acceptors (Lipinski definition) is 3. The van der Waals surface area contributed by atoms with Crippen LogP contribution in [0.3, 0.4) is 0 Å². The van der Waals surface area contributed by atoms with Gasteiger partial charge in [-0.3, -0.25) is 4.99 Å². The third kappa shape index (κ3) is 2.63. The molecule has 0 unspecified atom stereocenters. The van der Waals surface area contributed by atoms with E-state index < -0.39 is 0 Å². The van der Waals surface area contributed by atoms with E-state index >= 15 is 0 Å². The van der Waals surface area contributed by atoms with Crippen LogP contribution in [0.4, 0.5) is 11.4 Å². The number of anilines is 1. The number of nitrogens with one attached hydrogen (secondary N) is 1. The minimum atomic E-state index is 0.817. The zero-order chi connectivity index (χ0) is 15.7. The molecule has 1 heterocycles. The van der Waals surface area contributed by atoms with Crippen molar-refractivity contribution in [3.8, 4) is 0 Å². The van der Waals surface area contributed by atoms with Gasteiger partial charge in [0, 0.05) is 25.2 Å². The fraction of sp³-hybridized carbons (Fsp3) is 0.368. The quantitative estimate of drug-likeness (QED) is 0.824. The van der Waals surface area contributed by atoms with Crippen molar-refractivity contribution in [1.82, 2.24) is 0 Å². The van der Waals surface area contributed by atoms with Crippen LogP contribution in [0.25, 0.3) is 0 Å². The van der Waals surface area contributed by atoms with Crippen molar-refractivity contribution in [3.63, 3.8) is 0 Å². The summed E-state index contributed by atoms with van der Waals surface area (Å²) in [5, 5.41) is 3.40. The molecule has 3 heteroatoms. The second-order valence-electron chi connectivity index (χ2n) is 5.86. The van der Waals surface area contributed by atoms with Crippen molar-refractivity contribution in [1.29, 1.82) is 0 Å². The lowest BCUT2D eigenvalue weighted by Gasteiger charge is -2.23. The molecule has 1 aromatic carbocycles. The molecule has 0 saturated heterocycles. The molecule has 3 nitrogen and oxygen atoms in total. The first-order chi connectivity index (χ1) is 10.6. The zero-order valence-electron chi connectivity index (χ0n) is 13.8. The van der Waals surface area contributed by atoms with Gasteiger partial charge in [-0.05, 0) is 74.3 Å². The number of allylic oxidation sites excluding steroid dienone is 4. The molecule has 3 rings (SSSR count). The molecular formula is C19H23N3. The molecule has 0 aromatic heterocycles. The van der Waals surface area contributed by atoms with Crippen LogP contribution in [0, 0.1) is 6.92 Å². The molecule has 0 atom stereocenters. The molecule has 114 valence electrons. The van der Waals surface area contributed by atoms with E-state index in [-0.39, 0.29) is 0 Å². The largest absolute Gasteiger partial charge is 0.385 e. The average molecular weight is 293 g/mol. The summed E-state index contributed by atoms with van der Waals surface area (Å²) in [6.45, 7) is 10.2. The number of aryl methyl sites for hydroxylation is 1. The highest BCUT2D eigenvalue weighted by atomic mass is 14.9. The maximum atomic E-state index is 4.90. The normalized spacial score (nSPS) is 18.2. The Morgan fingerprint density at radius 2 is 2.00 bits per heavy atom. The molecule has 0 radical (unpaired) electrons. The maximum absolute atomic E-state index is 4.90. The Morgan fingerprint density at radius 1 is 1.18 bits per heavy atom. The van der Waals surface area contributed by atoms with Gasteiger partial charge < -0.3 is 5.32 Å². The Balaban J connectivity index is 2.07. The first-order valence-corrected chi connectivity index (χ1v) is 8.02. The molecule has 0 fully saturated rings. The Morgan fingerprint density at radius 3 is 2.73 bits per heavy atom. The lowest BCUT2D eigenvalue weighted by Crippen LogP contribution is -2.17. The first kappa shape index (κ1) is 14.8. The molecule has 1 aromatic rings. The molecule has 0 bridgehead atoms. The highest BCUT2D eigenvalue weighted by molar-refractivity contribution is 6.24. The van der Waals surface area contributed by atoms with Gasteiger partial charge in [-0.25, -0.2) is 4.99 Å². The van der Waals surface area contributed by atoms with Crippen LogP contribution in [0.15, 0.2) is 45.4 Å². The fourth-order valence-corrected chi connectivity index (χ4v) is 3.09. The van der Waals surface area contributed by atoms with E-state index in [4.69, 9.17) is 4.99 Å². The highest BCUT2D eigenvalue weighted by Crippen LogP contribution is 2.36. The van der Waals surface area contributed by atoms with Gasteiger partial charge in [0.25, 0.3) is 0 Å². The van der Waals surface area contributed by atoms with Crippen LogP contribution >= 0.6 is 0 Å². The van der Waals surface area contributed by atoms with Crippen LogP contribution in [-0.2, 0) is 6.42 Å². The number of nitrogens with zero attached hydrogens (tertiary/aromatic N) is 2. The predicted molar refractivity (Wildman–Crippen MR) is 96.0 cm³/mol. The third-order valence-corrected chi connectivity index (χ3v) is 4.10. The Kier molecular flexibility index (Phi) is 3.97. The minimum Gasteiger partial charge on any atom is -0.385 e. The van der Waals surface area contributed by atoms with Crippen molar-refractivity contribution in [2.75, 3.05) is 18.4 Å². The zero-order valence-corrected chi connectivity index (χ0v) is 13.8. The van der Waals surface area contributed by atoms with Gasteiger partial charge in [-0.2, -0.15) is 0 Å². The van der Waals surface area contributed by atoms with E-state index in [1.807, 2.05) is 0 Å². The van der Waals surface area contributed by atoms with E-state index in [9.17, 15) is 0 Å². The molecule has 2 aliphatic rings. The lowest BCUT2D eigenvalue weighted by molar-refractivity contribution is 1.12. The number of hydrogen-bond donors (Lipinski definition) is 1. The Labute approximate surface area is 132 Å². The second-order valence-corrected chi connectivity index (χ2v) is 5.86. The van der Waals surface area contributed by atoms with Gasteiger partial charge >= 0.3 is 0 Å². The van der Waals surface area contributed by atoms with Crippen molar-refractivity contribution in [2.45, 2.75) is 34.1 Å². The van der Waals surface area contributed by atoms with Gasteiger partial charge in [0.05, 0.1) is 17.1 Å². The summed E-state index contributed by atoms with van der Waals surface area (Å²) in [6.07, 6.45) is 5.31. The number of fused-ring (bicyclic) bond motifs is 2. The molecule has 1 N–H and O–H groups in total. The van der Waals surface area contributed by atoms with Crippen LogP contribution < -0.4 is 5.32 Å². The van der Waals surface area contributed by atoms with Crippen LogP contribution in [-0.4, -0.2) is 24.5 Å². The van der Waals surface area contributed by atoms with E-state index in [0.717, 1.165) is 36.6 Å². The van der Waals surface area contributed by atoms with Crippen molar-refractivity contribution >= 4 is 22.8 Å². The SMILES string of the molecule is CCN=C1C=C2Cc3cc(NCC)cc(C)c3N=C2C=C1C. The summed E-state index contributed by atoms with van der Waals surface area (Å²) in [5.74, 6) is 0. The van der Waals surface area contributed by atoms with Crippen molar-refractivity contribution in [2.24, 2.45) is 9.98 Å². The highest BCUT2D eigenvalue weighted by Gasteiger charge is 2.22. The predicted octanol–water partition coefficient (Wildman–Crippen LogP) is 4.40. The van der Waals surface area contributed by atoms with Crippen molar-refractivity contribution in [3.05, 3.63) is 46.6 Å². The van der Waals surface area contributed by atoms with E-state index in [1.165, 1.54) is 28.0 Å². The van der Waals surface area contributed by atoms with Crippen LogP contribution in [0.2, 0.25) is 0 Å². The van der Waals surface area contributed by atoms with Crippen molar-refractivity contribution < 1.29 is 0 Å². The maximum Gasteiger partial charge on any atom is 0.0703 e. The Hall–Kier alpha value is -2.16. The van der Waals surface area contributed by atoms with Gasteiger partial charge in [0.2, 0.25) is 0 Å². The van der Waals surface area contributed by atoms with E-state index in [2.05, 4.69) is 62.3 Å². The second kappa shape index (κ2) is 5.91. The summed E-state index contributed by atoms with van der Waals surface area (Å²) >= 11 is 0. The molecule has 1 aliphatic heterocycles. The minimum absolute atomic E-state index is 0.817. The topological polar surface area (TPSA) is 36.8 Å². The molecule has 22 heavy (non-hydrogen) atoms. The number of rotatable bonds is 3. The molecule has 0 saturated carbocycles. The summed E-state index contributed by atoms with van der Waals surface area (Å²) in [6, 6.07) is 4.42. The van der Waals surface area contributed by atoms with Gasteiger partial charge in [-0.15, -0.1) is 0 Å². The summed E-state index contributed by atoms with van der Waals surface area (Å²) < 4.78 is 0. The first-order valence-electron chi connectivity index (χ1n) is 8.02. The molecule has 0 spiro atoms. The molecule has 1 aliphatic carbocycles. The number of benzene rings is 1. The van der Waals surface area contributed by atoms with Gasteiger partial charge in [0.1, 0.15) is 0 Å². The molecular weight excluding hydrogens is 270 g/mol. The smallest absolute Gasteiger partial charge is 0.0703 e. The summed E-state index contributed by atoms with van der Waals surface area (Å²) in [4.78, 5) is 9.48. The summed E-state index contributed by atoms with van der Waals surface area (Å²) in [5.41, 5.74) is 9.53. The Bertz CT molecular complexity index is 733. The number of aliphatic imine (C=N–C) groups is 2. The molecule has 0 amide bonds. The van der Waals surface area contributed by atoms with E-state index in [0.29, 0.717) is 0 Å². The standard InChI is InChI=1S/C19H23N3/c1-5-20-16-7-13(4)19-15(10-16)9-14-11-17(21-6-2)12(3)8-18(14)22-19/h7-8,10-11,20H,5-6,9H2,1-4H3. The van der Waals surface area contributed by atoms with E-state index in [1.54, 1.807) is 0 Å². The average Bonchev–Trinajstić information content (AvgIpc) is 2.47. The van der Waals surface area contributed by atoms with Crippen LogP contribution in [0.5, 0.6) is 0 Å². The van der Waals surface area contributed by atoms with Crippen LogP contribution in [0.1, 0.15) is 31.9 Å². The third-order valence-electron chi connectivity index (χ3n) is 4.10. The monoisotopic (exact) mass is 293 g/mol.